The van der Waals surface area contributed by atoms with Gasteiger partial charge in [0.25, 0.3) is 5.91 Å². The number of hydrazone groups is 1. The Bertz CT molecular complexity index is 1180. The van der Waals surface area contributed by atoms with Gasteiger partial charge in [-0.15, -0.1) is 5.10 Å². The van der Waals surface area contributed by atoms with Gasteiger partial charge < -0.3 is 5.73 Å². The van der Waals surface area contributed by atoms with E-state index in [1.54, 1.807) is 0 Å². The maximum Gasteiger partial charge on any atom is 0.417 e. The van der Waals surface area contributed by atoms with Crippen molar-refractivity contribution in [3.05, 3.63) is 46.8 Å². The first-order valence-corrected chi connectivity index (χ1v) is 10.5. The van der Waals surface area contributed by atoms with E-state index in [9.17, 15) is 18.0 Å². The molecule has 3 N–H and O–H groups in total. The average molecular weight is 477 g/mol. The molecule has 1 aliphatic rings. The van der Waals surface area contributed by atoms with E-state index in [-0.39, 0.29) is 22.9 Å². The molecule has 0 aliphatic carbocycles. The maximum atomic E-state index is 13.2. The van der Waals surface area contributed by atoms with Crippen LogP contribution in [0.2, 0.25) is 0 Å². The van der Waals surface area contributed by atoms with Gasteiger partial charge >= 0.3 is 6.18 Å². The second kappa shape index (κ2) is 9.59. The number of piperidine rings is 1. The molecule has 4 rings (SSSR count). The van der Waals surface area contributed by atoms with Crippen molar-refractivity contribution >= 4 is 17.9 Å². The largest absolute Gasteiger partial charge is 0.417 e. The van der Waals surface area contributed by atoms with Crippen LogP contribution in [0.4, 0.5) is 19.0 Å². The number of benzene rings is 1. The lowest BCUT2D eigenvalue weighted by molar-refractivity contribution is -0.137. The third kappa shape index (κ3) is 5.06. The van der Waals surface area contributed by atoms with E-state index in [4.69, 9.17) is 5.73 Å². The fraction of sp³-hybridized carbons (Fsp3) is 0.400. The van der Waals surface area contributed by atoms with E-state index in [1.807, 2.05) is 0 Å². The Balaban J connectivity index is 1.57. The number of aromatic nitrogens is 5. The van der Waals surface area contributed by atoms with Crippen molar-refractivity contribution in [3.8, 4) is 5.82 Å². The lowest BCUT2D eigenvalue weighted by Crippen LogP contribution is -2.34. The highest BCUT2D eigenvalue weighted by Gasteiger charge is 2.32. The van der Waals surface area contributed by atoms with Gasteiger partial charge in [0.05, 0.1) is 17.5 Å². The van der Waals surface area contributed by atoms with Crippen LogP contribution in [0.5, 0.6) is 0 Å². The summed E-state index contributed by atoms with van der Waals surface area (Å²) >= 11 is 0. The van der Waals surface area contributed by atoms with Crippen LogP contribution in [0.15, 0.2) is 34.0 Å². The number of anilines is 1. The van der Waals surface area contributed by atoms with E-state index in [1.165, 1.54) is 22.9 Å². The minimum Gasteiger partial charge on any atom is -0.378 e. The SMILES string of the molecule is CC1CCN(Cc2c(C(=O)NN=Cc3ccccc3C(F)(F)F)nnn2-c2nonc2N)CC1. The Morgan fingerprint density at radius 3 is 2.71 bits per heavy atom. The van der Waals surface area contributed by atoms with Gasteiger partial charge in [-0.05, 0) is 48.2 Å². The Labute approximate surface area is 191 Å². The quantitative estimate of drug-likeness (QED) is 0.407. The van der Waals surface area contributed by atoms with Gasteiger partial charge in [-0.2, -0.15) is 23.0 Å². The molecule has 180 valence electrons. The summed E-state index contributed by atoms with van der Waals surface area (Å²) < 4.78 is 45.4. The van der Waals surface area contributed by atoms with Crippen molar-refractivity contribution in [2.75, 3.05) is 18.8 Å². The van der Waals surface area contributed by atoms with Crippen molar-refractivity contribution in [2.24, 2.45) is 11.0 Å². The van der Waals surface area contributed by atoms with Gasteiger partial charge in [-0.25, -0.2) is 10.1 Å². The Morgan fingerprint density at radius 2 is 2.03 bits per heavy atom. The Kier molecular flexibility index (Phi) is 6.58. The molecular formula is C20H22F3N9O2. The van der Waals surface area contributed by atoms with Crippen LogP contribution in [0.3, 0.4) is 0 Å². The molecule has 0 saturated carbocycles. The molecule has 1 aliphatic heterocycles. The van der Waals surface area contributed by atoms with Gasteiger partial charge in [0, 0.05) is 12.1 Å². The number of nitrogens with one attached hydrogen (secondary N) is 1. The lowest BCUT2D eigenvalue weighted by Gasteiger charge is -2.30. The van der Waals surface area contributed by atoms with Crippen molar-refractivity contribution in [3.63, 3.8) is 0 Å². The summed E-state index contributed by atoms with van der Waals surface area (Å²) in [7, 11) is 0. The highest BCUT2D eigenvalue weighted by molar-refractivity contribution is 5.94. The van der Waals surface area contributed by atoms with Crippen LogP contribution in [0.25, 0.3) is 5.82 Å². The molecule has 2 aromatic heterocycles. The van der Waals surface area contributed by atoms with Gasteiger partial charge in [0.2, 0.25) is 11.6 Å². The van der Waals surface area contributed by atoms with E-state index in [2.05, 4.69) is 47.6 Å². The second-order valence-corrected chi connectivity index (χ2v) is 8.01. The van der Waals surface area contributed by atoms with Crippen LogP contribution in [0.1, 0.15) is 47.1 Å². The fourth-order valence-electron chi connectivity index (χ4n) is 3.64. The van der Waals surface area contributed by atoms with Crippen LogP contribution in [0, 0.1) is 5.92 Å². The van der Waals surface area contributed by atoms with Crippen molar-refractivity contribution in [2.45, 2.75) is 32.5 Å². The molecule has 3 aromatic rings. The van der Waals surface area contributed by atoms with E-state index in [0.717, 1.165) is 38.2 Å². The summed E-state index contributed by atoms with van der Waals surface area (Å²) in [6.07, 6.45) is -1.63. The van der Waals surface area contributed by atoms with Gasteiger partial charge in [-0.3, -0.25) is 9.69 Å². The van der Waals surface area contributed by atoms with Crippen molar-refractivity contribution in [1.82, 2.24) is 35.6 Å². The minimum atomic E-state index is -4.56. The van der Waals surface area contributed by atoms with Crippen LogP contribution >= 0.6 is 0 Å². The number of carbonyl (C=O) groups excluding carboxylic acids is 1. The zero-order valence-corrected chi connectivity index (χ0v) is 18.2. The summed E-state index contributed by atoms with van der Waals surface area (Å²) in [6, 6.07) is 4.90. The smallest absolute Gasteiger partial charge is 0.378 e. The third-order valence-corrected chi connectivity index (χ3v) is 5.56. The number of rotatable bonds is 6. The first-order chi connectivity index (χ1) is 16.2. The molecule has 14 heteroatoms. The number of nitrogens with two attached hydrogens (primary N) is 1. The molecule has 3 heterocycles. The van der Waals surface area contributed by atoms with Gasteiger partial charge in [-0.1, -0.05) is 30.3 Å². The van der Waals surface area contributed by atoms with E-state index in [0.29, 0.717) is 18.2 Å². The predicted octanol–water partition coefficient (Wildman–Crippen LogP) is 2.25. The summed E-state index contributed by atoms with van der Waals surface area (Å²) in [5, 5.41) is 18.8. The zero-order valence-electron chi connectivity index (χ0n) is 18.2. The van der Waals surface area contributed by atoms with E-state index >= 15 is 0 Å². The topological polar surface area (TPSA) is 140 Å². The average Bonchev–Trinajstić information content (AvgIpc) is 3.40. The second-order valence-electron chi connectivity index (χ2n) is 8.01. The molecule has 0 atom stereocenters. The number of halogens is 3. The molecule has 1 fully saturated rings. The van der Waals surface area contributed by atoms with Crippen LogP contribution in [-0.2, 0) is 12.7 Å². The highest BCUT2D eigenvalue weighted by atomic mass is 19.4. The minimum absolute atomic E-state index is 0.0350. The molecule has 0 radical (unpaired) electrons. The molecule has 0 spiro atoms. The molecule has 0 unspecified atom stereocenters. The standard InChI is InChI=1S/C20H22F3N9O2/c1-12-6-8-31(9-7-12)11-15-16(26-30-32(15)18-17(24)28-34-29-18)19(33)27-25-10-13-4-2-3-5-14(13)20(21,22)23/h2-5,10,12H,6-9,11H2,1H3,(H2,24,28)(H,27,33). The van der Waals surface area contributed by atoms with Gasteiger partial charge in [0.1, 0.15) is 0 Å². The maximum absolute atomic E-state index is 13.2. The molecule has 1 aromatic carbocycles. The number of nitrogen functional groups attached to an aromatic ring is 1. The van der Waals surface area contributed by atoms with E-state index < -0.39 is 17.6 Å². The van der Waals surface area contributed by atoms with Crippen molar-refractivity contribution in [1.29, 1.82) is 0 Å². The normalized spacial score (nSPS) is 15.8. The Morgan fingerprint density at radius 1 is 1.29 bits per heavy atom. The molecule has 1 amide bonds. The summed E-state index contributed by atoms with van der Waals surface area (Å²) in [4.78, 5) is 15.0. The van der Waals surface area contributed by atoms with Crippen molar-refractivity contribution < 1.29 is 22.6 Å². The highest BCUT2D eigenvalue weighted by Crippen LogP contribution is 2.31. The summed E-state index contributed by atoms with van der Waals surface area (Å²) in [6.45, 7) is 4.12. The Hall–Kier alpha value is -3.81. The monoisotopic (exact) mass is 477 g/mol. The summed E-state index contributed by atoms with van der Waals surface area (Å²) in [5.41, 5.74) is 7.26. The zero-order chi connectivity index (χ0) is 24.3. The number of alkyl halides is 3. The predicted molar refractivity (Wildman–Crippen MR) is 114 cm³/mol. The van der Waals surface area contributed by atoms with Crippen LogP contribution < -0.4 is 11.2 Å². The molecule has 11 nitrogen and oxygen atoms in total. The molecular weight excluding hydrogens is 455 g/mol. The summed E-state index contributed by atoms with van der Waals surface area (Å²) in [5.74, 6) is -0.101. The number of hydrogen-bond donors (Lipinski definition) is 2. The number of carbonyl (C=O) groups is 1. The molecule has 1 saturated heterocycles. The van der Waals surface area contributed by atoms with Crippen LogP contribution in [-0.4, -0.2) is 55.4 Å². The molecule has 0 bridgehead atoms. The lowest BCUT2D eigenvalue weighted by atomic mass is 9.99. The first kappa shape index (κ1) is 23.4. The van der Waals surface area contributed by atoms with Gasteiger partial charge in [0.15, 0.2) is 5.69 Å². The number of likely N-dealkylation sites (tertiary alicyclic amines) is 1. The number of hydrogen-bond acceptors (Lipinski definition) is 9. The number of nitrogens with zero attached hydrogens (tertiary/aromatic N) is 7. The number of amides is 1. The third-order valence-electron chi connectivity index (χ3n) is 5.56. The molecule has 34 heavy (non-hydrogen) atoms. The first-order valence-electron chi connectivity index (χ1n) is 10.5. The fourth-order valence-corrected chi connectivity index (χ4v) is 3.64.